The van der Waals surface area contributed by atoms with Crippen molar-refractivity contribution in [1.82, 2.24) is 14.5 Å². The molecule has 0 aliphatic carbocycles. The Morgan fingerprint density at radius 1 is 1.14 bits per heavy atom. The van der Waals surface area contributed by atoms with Gasteiger partial charge in [0.05, 0.1) is 18.9 Å². The van der Waals surface area contributed by atoms with Crippen LogP contribution in [-0.2, 0) is 11.8 Å². The SMILES string of the molecule is Cc1ccc(NC(=O)c2cc(-c3cnc(N4CCOCC4)nc3)cn2C)c(F)c1. The molecule has 1 aliphatic rings. The van der Waals surface area contributed by atoms with Crippen LogP contribution in [0.2, 0.25) is 0 Å². The summed E-state index contributed by atoms with van der Waals surface area (Å²) in [4.78, 5) is 23.6. The molecule has 1 saturated heterocycles. The smallest absolute Gasteiger partial charge is 0.272 e. The molecular formula is C21H22FN5O2. The second-order valence-electron chi connectivity index (χ2n) is 7.03. The zero-order valence-corrected chi connectivity index (χ0v) is 16.4. The normalized spacial score (nSPS) is 14.1. The van der Waals surface area contributed by atoms with Gasteiger partial charge in [0.2, 0.25) is 5.95 Å². The van der Waals surface area contributed by atoms with Gasteiger partial charge in [0.1, 0.15) is 11.5 Å². The molecule has 7 nitrogen and oxygen atoms in total. The third-order valence-corrected chi connectivity index (χ3v) is 4.88. The number of halogens is 1. The molecule has 0 bridgehead atoms. The van der Waals surface area contributed by atoms with Gasteiger partial charge in [-0.15, -0.1) is 0 Å². The molecule has 1 amide bonds. The lowest BCUT2D eigenvalue weighted by Gasteiger charge is -2.26. The number of aryl methyl sites for hydroxylation is 2. The number of anilines is 2. The zero-order valence-electron chi connectivity index (χ0n) is 16.4. The summed E-state index contributed by atoms with van der Waals surface area (Å²) in [5, 5.41) is 2.63. The highest BCUT2D eigenvalue weighted by molar-refractivity contribution is 6.04. The van der Waals surface area contributed by atoms with Crippen LogP contribution < -0.4 is 10.2 Å². The fraction of sp³-hybridized carbons (Fsp3) is 0.286. The number of rotatable bonds is 4. The van der Waals surface area contributed by atoms with E-state index < -0.39 is 5.82 Å². The first-order chi connectivity index (χ1) is 14.0. The minimum Gasteiger partial charge on any atom is -0.378 e. The maximum Gasteiger partial charge on any atom is 0.272 e. The van der Waals surface area contributed by atoms with Crippen molar-refractivity contribution in [3.8, 4) is 11.1 Å². The average Bonchev–Trinajstić information content (AvgIpc) is 3.13. The Kier molecular flexibility index (Phi) is 5.26. The molecule has 3 aromatic rings. The summed E-state index contributed by atoms with van der Waals surface area (Å²) in [5.41, 5.74) is 2.98. The molecule has 1 aromatic carbocycles. The van der Waals surface area contributed by atoms with Gasteiger partial charge < -0.3 is 19.5 Å². The van der Waals surface area contributed by atoms with E-state index in [9.17, 15) is 9.18 Å². The van der Waals surface area contributed by atoms with Crippen molar-refractivity contribution in [3.05, 3.63) is 59.9 Å². The lowest BCUT2D eigenvalue weighted by atomic mass is 10.2. The molecule has 4 rings (SSSR count). The molecule has 3 heterocycles. The summed E-state index contributed by atoms with van der Waals surface area (Å²) in [6, 6.07) is 6.45. The van der Waals surface area contributed by atoms with Crippen LogP contribution in [0.15, 0.2) is 42.9 Å². The number of nitrogens with zero attached hydrogens (tertiary/aromatic N) is 4. The van der Waals surface area contributed by atoms with Crippen LogP contribution >= 0.6 is 0 Å². The van der Waals surface area contributed by atoms with E-state index >= 15 is 0 Å². The summed E-state index contributed by atoms with van der Waals surface area (Å²) in [7, 11) is 1.77. The molecule has 0 saturated carbocycles. The van der Waals surface area contributed by atoms with Crippen molar-refractivity contribution in [2.24, 2.45) is 7.05 Å². The predicted octanol–water partition coefficient (Wildman–Crippen LogP) is 3.02. The maximum absolute atomic E-state index is 14.0. The molecule has 0 spiro atoms. The topological polar surface area (TPSA) is 72.3 Å². The fourth-order valence-corrected chi connectivity index (χ4v) is 3.25. The van der Waals surface area contributed by atoms with Gasteiger partial charge in [-0.05, 0) is 30.7 Å². The van der Waals surface area contributed by atoms with E-state index in [-0.39, 0.29) is 11.6 Å². The van der Waals surface area contributed by atoms with Crippen LogP contribution in [0.25, 0.3) is 11.1 Å². The van der Waals surface area contributed by atoms with Crippen molar-refractivity contribution in [2.75, 3.05) is 36.5 Å². The summed E-state index contributed by atoms with van der Waals surface area (Å²) in [6.07, 6.45) is 5.32. The summed E-state index contributed by atoms with van der Waals surface area (Å²) in [5.74, 6) is -0.173. The number of morpholine rings is 1. The first-order valence-electron chi connectivity index (χ1n) is 9.40. The Balaban J connectivity index is 1.52. The monoisotopic (exact) mass is 395 g/mol. The third-order valence-electron chi connectivity index (χ3n) is 4.88. The van der Waals surface area contributed by atoms with E-state index in [1.165, 1.54) is 6.07 Å². The average molecular weight is 395 g/mol. The lowest BCUT2D eigenvalue weighted by molar-refractivity contribution is 0.101. The second-order valence-corrected chi connectivity index (χ2v) is 7.03. The van der Waals surface area contributed by atoms with Crippen LogP contribution in [0.5, 0.6) is 0 Å². The van der Waals surface area contributed by atoms with Crippen molar-refractivity contribution >= 4 is 17.5 Å². The summed E-state index contributed by atoms with van der Waals surface area (Å²) in [6.45, 7) is 4.67. The van der Waals surface area contributed by atoms with Gasteiger partial charge in [0.25, 0.3) is 5.91 Å². The number of carbonyl (C=O) groups is 1. The van der Waals surface area contributed by atoms with Crippen LogP contribution in [0.4, 0.5) is 16.0 Å². The highest BCUT2D eigenvalue weighted by atomic mass is 19.1. The zero-order chi connectivity index (χ0) is 20.4. The Hall–Kier alpha value is -3.26. The van der Waals surface area contributed by atoms with Crippen molar-refractivity contribution in [1.29, 1.82) is 0 Å². The Bertz CT molecular complexity index is 1030. The van der Waals surface area contributed by atoms with Gasteiger partial charge in [0, 0.05) is 49.9 Å². The van der Waals surface area contributed by atoms with Crippen LogP contribution in [-0.4, -0.2) is 46.7 Å². The Morgan fingerprint density at radius 3 is 2.55 bits per heavy atom. The first kappa shape index (κ1) is 19.1. The minimum atomic E-state index is -0.458. The number of amides is 1. The summed E-state index contributed by atoms with van der Waals surface area (Å²) >= 11 is 0. The van der Waals surface area contributed by atoms with E-state index in [0.29, 0.717) is 24.9 Å². The third kappa shape index (κ3) is 4.12. The van der Waals surface area contributed by atoms with Crippen molar-refractivity contribution in [2.45, 2.75) is 6.92 Å². The number of ether oxygens (including phenoxy) is 1. The van der Waals surface area contributed by atoms with E-state index in [2.05, 4.69) is 20.2 Å². The lowest BCUT2D eigenvalue weighted by Crippen LogP contribution is -2.37. The van der Waals surface area contributed by atoms with E-state index in [4.69, 9.17) is 4.74 Å². The molecule has 1 fully saturated rings. The molecule has 29 heavy (non-hydrogen) atoms. The van der Waals surface area contributed by atoms with Crippen molar-refractivity contribution in [3.63, 3.8) is 0 Å². The highest BCUT2D eigenvalue weighted by Gasteiger charge is 2.17. The quantitative estimate of drug-likeness (QED) is 0.735. The van der Waals surface area contributed by atoms with Gasteiger partial charge in [0.15, 0.2) is 0 Å². The van der Waals surface area contributed by atoms with E-state index in [1.54, 1.807) is 49.1 Å². The number of carbonyl (C=O) groups excluding carboxylic acids is 1. The Morgan fingerprint density at radius 2 is 1.86 bits per heavy atom. The Labute approximate surface area is 168 Å². The van der Waals surface area contributed by atoms with E-state index in [0.717, 1.165) is 29.8 Å². The van der Waals surface area contributed by atoms with Gasteiger partial charge in [-0.1, -0.05) is 6.07 Å². The first-order valence-corrected chi connectivity index (χ1v) is 9.40. The van der Waals surface area contributed by atoms with Gasteiger partial charge >= 0.3 is 0 Å². The molecule has 0 unspecified atom stereocenters. The molecule has 150 valence electrons. The maximum atomic E-state index is 14.0. The standard InChI is InChI=1S/C21H22FN5O2/c1-14-3-4-18(17(22)9-14)25-20(28)19-10-15(13-26(19)2)16-11-23-21(24-12-16)27-5-7-29-8-6-27/h3-4,9-13H,5-8H2,1-2H3,(H,25,28). The number of nitrogens with one attached hydrogen (secondary N) is 1. The van der Waals surface area contributed by atoms with Gasteiger partial charge in [-0.3, -0.25) is 4.79 Å². The number of hydrogen-bond acceptors (Lipinski definition) is 5. The minimum absolute atomic E-state index is 0.154. The van der Waals surface area contributed by atoms with Gasteiger partial charge in [-0.25, -0.2) is 14.4 Å². The molecule has 0 radical (unpaired) electrons. The molecule has 8 heteroatoms. The second kappa shape index (κ2) is 8.00. The highest BCUT2D eigenvalue weighted by Crippen LogP contribution is 2.23. The van der Waals surface area contributed by atoms with Crippen LogP contribution in [0, 0.1) is 12.7 Å². The number of aromatic nitrogens is 3. The number of hydrogen-bond donors (Lipinski definition) is 1. The van der Waals surface area contributed by atoms with E-state index in [1.807, 2.05) is 6.20 Å². The molecule has 1 aliphatic heterocycles. The van der Waals surface area contributed by atoms with Crippen molar-refractivity contribution < 1.29 is 13.9 Å². The fourth-order valence-electron chi connectivity index (χ4n) is 3.25. The number of benzene rings is 1. The molecule has 0 atom stereocenters. The molecule has 1 N–H and O–H groups in total. The summed E-state index contributed by atoms with van der Waals surface area (Å²) < 4.78 is 21.1. The van der Waals surface area contributed by atoms with Crippen LogP contribution in [0.3, 0.4) is 0 Å². The van der Waals surface area contributed by atoms with Gasteiger partial charge in [-0.2, -0.15) is 0 Å². The molecular weight excluding hydrogens is 373 g/mol. The van der Waals surface area contributed by atoms with Crippen LogP contribution in [0.1, 0.15) is 16.1 Å². The largest absolute Gasteiger partial charge is 0.378 e. The predicted molar refractivity (Wildman–Crippen MR) is 109 cm³/mol. The molecule has 2 aromatic heterocycles.